The van der Waals surface area contributed by atoms with Crippen LogP contribution in [-0.4, -0.2) is 11.1 Å². The van der Waals surface area contributed by atoms with E-state index in [1.54, 1.807) is 0 Å². The fourth-order valence-electron chi connectivity index (χ4n) is 3.13. The third kappa shape index (κ3) is 2.09. The number of phenolic OH excluding ortho intramolecular Hbond substituents is 1. The van der Waals surface area contributed by atoms with Gasteiger partial charge in [-0.3, -0.25) is 4.79 Å². The zero-order valence-electron chi connectivity index (χ0n) is 12.7. The van der Waals surface area contributed by atoms with E-state index in [2.05, 4.69) is 0 Å². The summed E-state index contributed by atoms with van der Waals surface area (Å²) >= 11 is 0. The Balaban J connectivity index is 2.25. The first kappa shape index (κ1) is 13.7. The molecular formula is C18H18O3. The molecule has 1 heterocycles. The Morgan fingerprint density at radius 2 is 1.48 bits per heavy atom. The zero-order valence-corrected chi connectivity index (χ0v) is 12.7. The van der Waals surface area contributed by atoms with Crippen LogP contribution in [-0.2, 0) is 4.79 Å². The van der Waals surface area contributed by atoms with Crippen LogP contribution in [0.15, 0.2) is 24.3 Å². The second kappa shape index (κ2) is 4.62. The molecule has 0 radical (unpaired) electrons. The summed E-state index contributed by atoms with van der Waals surface area (Å²) in [5.74, 6) is -0.0556. The number of aryl methyl sites for hydroxylation is 4. The van der Waals surface area contributed by atoms with E-state index in [1.807, 2.05) is 52.0 Å². The lowest BCUT2D eigenvalue weighted by atomic mass is 9.88. The van der Waals surface area contributed by atoms with Crippen LogP contribution in [0.25, 0.3) is 0 Å². The van der Waals surface area contributed by atoms with Crippen LogP contribution in [0.4, 0.5) is 0 Å². The summed E-state index contributed by atoms with van der Waals surface area (Å²) in [6.07, 6.45) is 0. The maximum Gasteiger partial charge on any atom is 0.323 e. The van der Waals surface area contributed by atoms with E-state index in [4.69, 9.17) is 4.74 Å². The molecule has 1 unspecified atom stereocenters. The standard InChI is InChI=1S/C18H18O3/c1-9-5-11(3)16(19)13(7-9)15-14-8-10(2)6-12(4)17(14)21-18(15)20/h5-8,15,19H,1-4H3. The van der Waals surface area contributed by atoms with Crippen LogP contribution < -0.4 is 4.74 Å². The molecule has 3 rings (SSSR count). The molecule has 3 heteroatoms. The van der Waals surface area contributed by atoms with Crippen molar-refractivity contribution >= 4 is 5.97 Å². The van der Waals surface area contributed by atoms with Crippen molar-refractivity contribution in [2.75, 3.05) is 0 Å². The molecular weight excluding hydrogens is 264 g/mol. The number of hydrogen-bond donors (Lipinski definition) is 1. The van der Waals surface area contributed by atoms with Gasteiger partial charge in [0.05, 0.1) is 0 Å². The molecule has 0 bridgehead atoms. The summed E-state index contributed by atoms with van der Waals surface area (Å²) in [4.78, 5) is 12.3. The smallest absolute Gasteiger partial charge is 0.323 e. The average Bonchev–Trinajstić information content (AvgIpc) is 2.71. The number of fused-ring (bicyclic) bond motifs is 1. The topological polar surface area (TPSA) is 46.5 Å². The van der Waals surface area contributed by atoms with Gasteiger partial charge in [0.1, 0.15) is 17.4 Å². The molecule has 0 spiro atoms. The third-order valence-corrected chi connectivity index (χ3v) is 3.98. The number of rotatable bonds is 1. The van der Waals surface area contributed by atoms with Gasteiger partial charge >= 0.3 is 5.97 Å². The van der Waals surface area contributed by atoms with E-state index in [-0.39, 0.29) is 11.7 Å². The van der Waals surface area contributed by atoms with Crippen LogP contribution in [0.2, 0.25) is 0 Å². The fourth-order valence-corrected chi connectivity index (χ4v) is 3.13. The number of carbonyl (C=O) groups is 1. The second-order valence-corrected chi connectivity index (χ2v) is 5.87. The number of phenols is 1. The molecule has 108 valence electrons. The summed E-state index contributed by atoms with van der Waals surface area (Å²) in [7, 11) is 0. The number of hydrogen-bond acceptors (Lipinski definition) is 3. The van der Waals surface area contributed by atoms with Gasteiger partial charge in [-0.15, -0.1) is 0 Å². The van der Waals surface area contributed by atoms with Gasteiger partial charge in [0.15, 0.2) is 0 Å². The van der Waals surface area contributed by atoms with Crippen molar-refractivity contribution in [1.29, 1.82) is 0 Å². The highest BCUT2D eigenvalue weighted by atomic mass is 16.5. The SMILES string of the molecule is Cc1cc(C)c(O)c(C2C(=O)Oc3c(C)cc(C)cc32)c1. The number of benzene rings is 2. The van der Waals surface area contributed by atoms with Crippen molar-refractivity contribution in [3.05, 3.63) is 57.6 Å². The molecule has 21 heavy (non-hydrogen) atoms. The Bertz CT molecular complexity index is 760. The molecule has 0 saturated carbocycles. The van der Waals surface area contributed by atoms with E-state index in [9.17, 15) is 9.90 Å². The lowest BCUT2D eigenvalue weighted by molar-refractivity contribution is -0.133. The first-order chi connectivity index (χ1) is 9.88. The highest BCUT2D eigenvalue weighted by molar-refractivity contribution is 5.91. The minimum atomic E-state index is -0.544. The lowest BCUT2D eigenvalue weighted by Crippen LogP contribution is -2.12. The number of carbonyl (C=O) groups excluding carboxylic acids is 1. The minimum absolute atomic E-state index is 0.176. The molecule has 2 aromatic carbocycles. The maximum atomic E-state index is 12.3. The van der Waals surface area contributed by atoms with Gasteiger partial charge in [-0.25, -0.2) is 0 Å². The summed E-state index contributed by atoms with van der Waals surface area (Å²) in [5.41, 5.74) is 5.30. The van der Waals surface area contributed by atoms with E-state index in [0.717, 1.165) is 27.8 Å². The molecule has 0 amide bonds. The molecule has 0 aromatic heterocycles. The van der Waals surface area contributed by atoms with Crippen LogP contribution >= 0.6 is 0 Å². The molecule has 1 atom stereocenters. The van der Waals surface area contributed by atoms with E-state index >= 15 is 0 Å². The van der Waals surface area contributed by atoms with Crippen LogP contribution in [0.3, 0.4) is 0 Å². The summed E-state index contributed by atoms with van der Waals surface area (Å²) in [6, 6.07) is 7.73. The summed E-state index contributed by atoms with van der Waals surface area (Å²) in [6.45, 7) is 7.73. The Labute approximate surface area is 124 Å². The van der Waals surface area contributed by atoms with Crippen molar-refractivity contribution in [2.24, 2.45) is 0 Å². The Morgan fingerprint density at radius 1 is 0.905 bits per heavy atom. The lowest BCUT2D eigenvalue weighted by Gasteiger charge is -2.14. The molecule has 3 nitrogen and oxygen atoms in total. The monoisotopic (exact) mass is 282 g/mol. The van der Waals surface area contributed by atoms with Gasteiger partial charge in [0.2, 0.25) is 0 Å². The maximum absolute atomic E-state index is 12.3. The molecule has 1 aliphatic rings. The molecule has 0 saturated heterocycles. The first-order valence-corrected chi connectivity index (χ1v) is 7.01. The molecule has 1 N–H and O–H groups in total. The van der Waals surface area contributed by atoms with Crippen molar-refractivity contribution in [3.63, 3.8) is 0 Å². The predicted octanol–water partition coefficient (Wildman–Crippen LogP) is 3.68. The zero-order chi connectivity index (χ0) is 15.3. The normalized spacial score (nSPS) is 16.8. The van der Waals surface area contributed by atoms with Gasteiger partial charge in [0, 0.05) is 11.1 Å². The van der Waals surface area contributed by atoms with Crippen LogP contribution in [0.1, 0.15) is 39.3 Å². The molecule has 2 aromatic rings. The molecule has 0 aliphatic carbocycles. The fraction of sp³-hybridized carbons (Fsp3) is 0.278. The summed E-state index contributed by atoms with van der Waals surface area (Å²) < 4.78 is 5.44. The van der Waals surface area contributed by atoms with Crippen LogP contribution in [0.5, 0.6) is 11.5 Å². The number of ether oxygens (including phenoxy) is 1. The number of esters is 1. The molecule has 0 fully saturated rings. The van der Waals surface area contributed by atoms with Crippen molar-refractivity contribution in [1.82, 2.24) is 0 Å². The highest BCUT2D eigenvalue weighted by Gasteiger charge is 2.37. The third-order valence-electron chi connectivity index (χ3n) is 3.98. The largest absolute Gasteiger partial charge is 0.507 e. The Morgan fingerprint density at radius 3 is 2.14 bits per heavy atom. The van der Waals surface area contributed by atoms with Crippen molar-refractivity contribution in [2.45, 2.75) is 33.6 Å². The van der Waals surface area contributed by atoms with Crippen molar-refractivity contribution in [3.8, 4) is 11.5 Å². The van der Waals surface area contributed by atoms with Gasteiger partial charge in [-0.2, -0.15) is 0 Å². The van der Waals surface area contributed by atoms with E-state index in [0.29, 0.717) is 11.3 Å². The predicted molar refractivity (Wildman–Crippen MR) is 81.0 cm³/mol. The van der Waals surface area contributed by atoms with Crippen molar-refractivity contribution < 1.29 is 14.6 Å². The van der Waals surface area contributed by atoms with E-state index < -0.39 is 5.92 Å². The molecule has 1 aliphatic heterocycles. The van der Waals surface area contributed by atoms with Crippen LogP contribution in [0, 0.1) is 27.7 Å². The van der Waals surface area contributed by atoms with Gasteiger partial charge < -0.3 is 9.84 Å². The van der Waals surface area contributed by atoms with Gasteiger partial charge in [-0.1, -0.05) is 35.4 Å². The Kier molecular flexibility index (Phi) is 3.01. The van der Waals surface area contributed by atoms with Gasteiger partial charge in [-0.05, 0) is 38.8 Å². The average molecular weight is 282 g/mol. The van der Waals surface area contributed by atoms with E-state index in [1.165, 1.54) is 0 Å². The summed E-state index contributed by atoms with van der Waals surface area (Å²) in [5, 5.41) is 10.4. The van der Waals surface area contributed by atoms with Gasteiger partial charge in [0.25, 0.3) is 0 Å². The first-order valence-electron chi connectivity index (χ1n) is 7.01. The second-order valence-electron chi connectivity index (χ2n) is 5.87. The Hall–Kier alpha value is -2.29. The quantitative estimate of drug-likeness (QED) is 0.641. The number of aromatic hydroxyl groups is 1. The minimum Gasteiger partial charge on any atom is -0.507 e. The highest BCUT2D eigenvalue weighted by Crippen LogP contribution is 2.45.